The van der Waals surface area contributed by atoms with E-state index in [-0.39, 0.29) is 37.3 Å². The van der Waals surface area contributed by atoms with Gasteiger partial charge < -0.3 is 20.1 Å². The molecule has 0 bridgehead atoms. The second-order valence-corrected chi connectivity index (χ2v) is 8.58. The number of carbonyl (C=O) groups excluding carboxylic acids is 2. The number of amides is 2. The highest BCUT2D eigenvalue weighted by Crippen LogP contribution is 2.44. The summed E-state index contributed by atoms with van der Waals surface area (Å²) in [6, 6.07) is 14.9. The number of aliphatic carboxylic acids is 1. The van der Waals surface area contributed by atoms with Gasteiger partial charge in [-0.3, -0.25) is 9.59 Å². The third-order valence-corrected chi connectivity index (χ3v) is 6.49. The molecular formula is C27H28N2O5. The van der Waals surface area contributed by atoms with Gasteiger partial charge in [0.25, 0.3) is 0 Å². The molecule has 1 aliphatic heterocycles. The molecule has 0 aromatic heterocycles. The minimum Gasteiger partial charge on any atom is -0.481 e. The smallest absolute Gasteiger partial charge is 0.407 e. The van der Waals surface area contributed by atoms with Crippen molar-refractivity contribution in [3.8, 4) is 23.0 Å². The summed E-state index contributed by atoms with van der Waals surface area (Å²) in [5.74, 6) is 4.26. The Morgan fingerprint density at radius 3 is 2.38 bits per heavy atom. The summed E-state index contributed by atoms with van der Waals surface area (Å²) in [4.78, 5) is 38.6. The highest BCUT2D eigenvalue weighted by Gasteiger charge is 2.35. The van der Waals surface area contributed by atoms with E-state index in [9.17, 15) is 14.4 Å². The fraction of sp³-hybridized carbons (Fsp3) is 0.370. The Kier molecular flexibility index (Phi) is 7.17. The Bertz CT molecular complexity index is 1100. The number of likely N-dealkylation sites (tertiary alicyclic amines) is 1. The van der Waals surface area contributed by atoms with Crippen LogP contribution in [0.25, 0.3) is 11.1 Å². The number of carbonyl (C=O) groups is 3. The predicted molar refractivity (Wildman–Crippen MR) is 127 cm³/mol. The normalized spacial score (nSPS) is 17.2. The van der Waals surface area contributed by atoms with E-state index in [1.807, 2.05) is 36.4 Å². The monoisotopic (exact) mass is 460 g/mol. The van der Waals surface area contributed by atoms with E-state index in [1.54, 1.807) is 11.8 Å². The molecule has 0 radical (unpaired) electrons. The fourth-order valence-electron chi connectivity index (χ4n) is 4.93. The molecule has 1 fully saturated rings. The van der Waals surface area contributed by atoms with Gasteiger partial charge in [-0.1, -0.05) is 48.5 Å². The van der Waals surface area contributed by atoms with Crippen LogP contribution in [0.1, 0.15) is 49.7 Å². The molecule has 2 aromatic carbocycles. The summed E-state index contributed by atoms with van der Waals surface area (Å²) in [6.45, 7) is 2.28. The summed E-state index contributed by atoms with van der Waals surface area (Å²) in [7, 11) is 0. The number of hydrogen-bond donors (Lipinski definition) is 2. The molecule has 2 amide bonds. The number of nitrogens with zero attached hydrogens (tertiary/aromatic N) is 1. The molecule has 1 saturated heterocycles. The van der Waals surface area contributed by atoms with E-state index >= 15 is 0 Å². The van der Waals surface area contributed by atoms with Gasteiger partial charge in [0, 0.05) is 24.9 Å². The SMILES string of the molecule is CC#CCC(NC(=O)OCC1c2ccccc2-c2ccccc21)C(=O)N1CCC[C@@H]1CC(=O)O. The van der Waals surface area contributed by atoms with Crippen LogP contribution >= 0.6 is 0 Å². The molecule has 176 valence electrons. The second kappa shape index (κ2) is 10.4. The number of carboxylic acids is 1. The molecule has 2 N–H and O–H groups in total. The molecule has 2 aliphatic rings. The molecule has 1 unspecified atom stereocenters. The van der Waals surface area contributed by atoms with Crippen LogP contribution in [0.5, 0.6) is 0 Å². The third-order valence-electron chi connectivity index (χ3n) is 6.49. The lowest BCUT2D eigenvalue weighted by molar-refractivity contribution is -0.140. The Hall–Kier alpha value is -3.79. The molecular weight excluding hydrogens is 432 g/mol. The molecule has 1 aliphatic carbocycles. The molecule has 0 saturated carbocycles. The van der Waals surface area contributed by atoms with E-state index in [1.165, 1.54) is 0 Å². The molecule has 2 atom stereocenters. The zero-order valence-electron chi connectivity index (χ0n) is 19.1. The van der Waals surface area contributed by atoms with Gasteiger partial charge >= 0.3 is 12.1 Å². The van der Waals surface area contributed by atoms with E-state index < -0.39 is 18.1 Å². The number of carboxylic acid groups (broad SMARTS) is 1. The van der Waals surface area contributed by atoms with Crippen molar-refractivity contribution < 1.29 is 24.2 Å². The largest absolute Gasteiger partial charge is 0.481 e. The summed E-state index contributed by atoms with van der Waals surface area (Å²) in [5.41, 5.74) is 4.48. The van der Waals surface area contributed by atoms with Crippen molar-refractivity contribution in [1.82, 2.24) is 10.2 Å². The zero-order valence-corrected chi connectivity index (χ0v) is 19.1. The van der Waals surface area contributed by atoms with Crippen molar-refractivity contribution in [2.75, 3.05) is 13.2 Å². The van der Waals surface area contributed by atoms with Crippen molar-refractivity contribution >= 4 is 18.0 Å². The van der Waals surface area contributed by atoms with Gasteiger partial charge in [-0.15, -0.1) is 11.8 Å². The minimum atomic E-state index is -0.945. The summed E-state index contributed by atoms with van der Waals surface area (Å²) < 4.78 is 5.59. The second-order valence-electron chi connectivity index (χ2n) is 8.58. The lowest BCUT2D eigenvalue weighted by Crippen LogP contribution is -2.50. The number of hydrogen-bond acceptors (Lipinski definition) is 4. The van der Waals surface area contributed by atoms with Crippen LogP contribution < -0.4 is 5.32 Å². The maximum Gasteiger partial charge on any atom is 0.407 e. The van der Waals surface area contributed by atoms with Crippen LogP contribution in [0.3, 0.4) is 0 Å². The Morgan fingerprint density at radius 2 is 1.76 bits per heavy atom. The van der Waals surface area contributed by atoms with E-state index in [0.29, 0.717) is 13.0 Å². The van der Waals surface area contributed by atoms with E-state index in [0.717, 1.165) is 28.7 Å². The Morgan fingerprint density at radius 1 is 1.12 bits per heavy atom. The highest BCUT2D eigenvalue weighted by atomic mass is 16.5. The van der Waals surface area contributed by atoms with Crippen molar-refractivity contribution in [3.63, 3.8) is 0 Å². The molecule has 7 nitrogen and oxygen atoms in total. The van der Waals surface area contributed by atoms with Crippen LogP contribution in [0, 0.1) is 11.8 Å². The molecule has 4 rings (SSSR count). The number of ether oxygens (including phenoxy) is 1. The number of nitrogens with one attached hydrogen (secondary N) is 1. The van der Waals surface area contributed by atoms with Crippen LogP contribution in [0.2, 0.25) is 0 Å². The predicted octanol–water partition coefficient (Wildman–Crippen LogP) is 3.77. The Balaban J connectivity index is 1.43. The number of benzene rings is 2. The molecule has 1 heterocycles. The first-order chi connectivity index (χ1) is 16.5. The molecule has 0 spiro atoms. The van der Waals surface area contributed by atoms with Gasteiger partial charge in [-0.2, -0.15) is 0 Å². The quantitative estimate of drug-likeness (QED) is 0.613. The zero-order chi connectivity index (χ0) is 24.1. The first kappa shape index (κ1) is 23.4. The Labute approximate surface area is 199 Å². The van der Waals surface area contributed by atoms with Gasteiger partial charge in [0.2, 0.25) is 5.91 Å². The van der Waals surface area contributed by atoms with E-state index in [4.69, 9.17) is 9.84 Å². The van der Waals surface area contributed by atoms with Crippen LogP contribution in [-0.4, -0.2) is 53.2 Å². The maximum absolute atomic E-state index is 13.2. The van der Waals surface area contributed by atoms with Crippen molar-refractivity contribution in [3.05, 3.63) is 59.7 Å². The minimum absolute atomic E-state index is 0.0822. The fourth-order valence-corrected chi connectivity index (χ4v) is 4.93. The average molecular weight is 461 g/mol. The molecule has 34 heavy (non-hydrogen) atoms. The topological polar surface area (TPSA) is 95.9 Å². The van der Waals surface area contributed by atoms with Gasteiger partial charge in [-0.25, -0.2) is 4.79 Å². The number of alkyl carbamates (subject to hydrolysis) is 1. The number of rotatable bonds is 7. The summed E-state index contributed by atoms with van der Waals surface area (Å²) in [6.07, 6.45) is 0.710. The van der Waals surface area contributed by atoms with Crippen LogP contribution in [0.4, 0.5) is 4.79 Å². The van der Waals surface area contributed by atoms with Gasteiger partial charge in [0.1, 0.15) is 12.6 Å². The van der Waals surface area contributed by atoms with Crippen molar-refractivity contribution in [2.24, 2.45) is 0 Å². The maximum atomic E-state index is 13.2. The first-order valence-electron chi connectivity index (χ1n) is 11.5. The van der Waals surface area contributed by atoms with Gasteiger partial charge in [-0.05, 0) is 42.0 Å². The van der Waals surface area contributed by atoms with Gasteiger partial charge in [0.15, 0.2) is 0 Å². The lowest BCUT2D eigenvalue weighted by Gasteiger charge is -2.28. The summed E-state index contributed by atoms with van der Waals surface area (Å²) >= 11 is 0. The first-order valence-corrected chi connectivity index (χ1v) is 11.5. The molecule has 7 heteroatoms. The van der Waals surface area contributed by atoms with Crippen molar-refractivity contribution in [2.45, 2.75) is 50.6 Å². The van der Waals surface area contributed by atoms with Crippen LogP contribution in [-0.2, 0) is 14.3 Å². The molecule has 2 aromatic rings. The van der Waals surface area contributed by atoms with Crippen molar-refractivity contribution in [1.29, 1.82) is 0 Å². The summed E-state index contributed by atoms with van der Waals surface area (Å²) in [5, 5.41) is 11.8. The highest BCUT2D eigenvalue weighted by molar-refractivity contribution is 5.87. The standard InChI is InChI=1S/C27H28N2O5/c1-2-3-14-24(26(32)29-15-8-9-18(29)16-25(30)31)28-27(33)34-17-23-21-12-6-4-10-19(21)20-11-5-7-13-22(20)23/h4-7,10-13,18,23-24H,8-9,14-17H2,1H3,(H,28,33)(H,30,31)/t18-,24?/m1/s1. The van der Waals surface area contributed by atoms with Gasteiger partial charge in [0.05, 0.1) is 6.42 Å². The van der Waals surface area contributed by atoms with Crippen LogP contribution in [0.15, 0.2) is 48.5 Å². The van der Waals surface area contributed by atoms with E-state index in [2.05, 4.69) is 29.3 Å². The number of fused-ring (bicyclic) bond motifs is 3. The average Bonchev–Trinajstić information content (AvgIpc) is 3.42. The third kappa shape index (κ3) is 4.91. The lowest BCUT2D eigenvalue weighted by atomic mass is 9.98.